The maximum atomic E-state index is 5.32. The Labute approximate surface area is 320 Å². The molecule has 3 nitrogen and oxygen atoms in total. The van der Waals surface area contributed by atoms with Crippen LogP contribution >= 0.6 is 0 Å². The Morgan fingerprint density at radius 3 is 1.84 bits per heavy atom. The lowest BCUT2D eigenvalue weighted by Crippen LogP contribution is -2.15. The monoisotopic (exact) mass is 701 g/mol. The summed E-state index contributed by atoms with van der Waals surface area (Å²) in [7, 11) is 0. The first kappa shape index (κ1) is 31.5. The van der Waals surface area contributed by atoms with Crippen molar-refractivity contribution in [2.45, 2.75) is 19.3 Å². The molecule has 0 atom stereocenters. The van der Waals surface area contributed by atoms with Gasteiger partial charge >= 0.3 is 0 Å². The molecule has 2 aromatic heterocycles. The molecule has 11 rings (SSSR count). The topological polar surface area (TPSA) is 38.7 Å². The van der Waals surface area contributed by atoms with Crippen molar-refractivity contribution in [2.24, 2.45) is 0 Å². The summed E-state index contributed by atoms with van der Waals surface area (Å²) in [4.78, 5) is 15.1. The second kappa shape index (κ2) is 12.0. The minimum Gasteiger partial charge on any atom is -0.264 e. The zero-order valence-electron chi connectivity index (χ0n) is 30.6. The van der Waals surface area contributed by atoms with Crippen LogP contribution in [0.4, 0.5) is 0 Å². The minimum atomic E-state index is -0.129. The molecule has 0 saturated heterocycles. The van der Waals surface area contributed by atoms with Gasteiger partial charge in [0.1, 0.15) is 0 Å². The lowest BCUT2D eigenvalue weighted by atomic mass is 9.82. The Morgan fingerprint density at radius 2 is 1.04 bits per heavy atom. The van der Waals surface area contributed by atoms with Crippen LogP contribution in [0.3, 0.4) is 0 Å². The summed E-state index contributed by atoms with van der Waals surface area (Å²) in [5, 5.41) is 7.76. The van der Waals surface area contributed by atoms with Gasteiger partial charge < -0.3 is 0 Å². The van der Waals surface area contributed by atoms with E-state index in [2.05, 4.69) is 177 Å². The van der Waals surface area contributed by atoms with E-state index in [0.29, 0.717) is 5.82 Å². The van der Waals surface area contributed by atoms with Gasteiger partial charge in [-0.1, -0.05) is 159 Å². The van der Waals surface area contributed by atoms with Crippen LogP contribution in [0.2, 0.25) is 0 Å². The molecule has 0 N–H and O–H groups in total. The largest absolute Gasteiger partial charge is 0.264 e. The van der Waals surface area contributed by atoms with Gasteiger partial charge in [-0.05, 0) is 89.5 Å². The molecule has 8 aromatic carbocycles. The molecule has 0 saturated carbocycles. The fourth-order valence-electron chi connectivity index (χ4n) is 8.99. The Hall–Kier alpha value is -6.97. The van der Waals surface area contributed by atoms with Crippen LogP contribution in [0.15, 0.2) is 176 Å². The van der Waals surface area contributed by atoms with Gasteiger partial charge in [-0.3, -0.25) is 4.98 Å². The summed E-state index contributed by atoms with van der Waals surface area (Å²) in [5.41, 5.74) is 14.5. The van der Waals surface area contributed by atoms with Crippen molar-refractivity contribution in [1.82, 2.24) is 15.0 Å². The van der Waals surface area contributed by atoms with E-state index in [0.717, 1.165) is 39.2 Å². The maximum Gasteiger partial charge on any atom is 0.160 e. The maximum absolute atomic E-state index is 5.32. The second-order valence-corrected chi connectivity index (χ2v) is 15.2. The number of pyridine rings is 1. The summed E-state index contributed by atoms with van der Waals surface area (Å²) >= 11 is 0. The number of rotatable bonds is 5. The van der Waals surface area contributed by atoms with E-state index in [1.165, 1.54) is 65.7 Å². The Balaban J connectivity index is 1.06. The highest BCUT2D eigenvalue weighted by atomic mass is 14.9. The molecule has 0 amide bonds. The van der Waals surface area contributed by atoms with E-state index in [9.17, 15) is 0 Å². The highest BCUT2D eigenvalue weighted by Crippen LogP contribution is 2.49. The van der Waals surface area contributed by atoms with Crippen LogP contribution in [0, 0.1) is 0 Å². The fraction of sp³-hybridized carbons (Fsp3) is 0.0577. The third-order valence-corrected chi connectivity index (χ3v) is 11.8. The molecular weight excluding hydrogens is 667 g/mol. The quantitative estimate of drug-likeness (QED) is 0.168. The Bertz CT molecular complexity index is 3090. The normalized spacial score (nSPS) is 13.1. The van der Waals surface area contributed by atoms with Gasteiger partial charge in [0.05, 0.1) is 11.4 Å². The summed E-state index contributed by atoms with van der Waals surface area (Å²) in [6, 6.07) is 59.2. The lowest BCUT2D eigenvalue weighted by molar-refractivity contribution is 0.660. The third kappa shape index (κ3) is 4.93. The van der Waals surface area contributed by atoms with E-state index in [1.54, 1.807) is 0 Å². The average molecular weight is 702 g/mol. The van der Waals surface area contributed by atoms with Crippen LogP contribution in [-0.2, 0) is 5.41 Å². The first-order valence-corrected chi connectivity index (χ1v) is 18.9. The molecule has 0 bridgehead atoms. The second-order valence-electron chi connectivity index (χ2n) is 15.2. The van der Waals surface area contributed by atoms with Crippen molar-refractivity contribution < 1.29 is 0 Å². The van der Waals surface area contributed by atoms with Crippen LogP contribution < -0.4 is 0 Å². The van der Waals surface area contributed by atoms with Gasteiger partial charge in [0.15, 0.2) is 5.82 Å². The molecular formula is C52H35N3. The first-order valence-electron chi connectivity index (χ1n) is 18.9. The number of hydrogen-bond acceptors (Lipinski definition) is 3. The molecule has 0 radical (unpaired) electrons. The highest BCUT2D eigenvalue weighted by molar-refractivity contribution is 6.25. The van der Waals surface area contributed by atoms with Gasteiger partial charge in [-0.25, -0.2) is 9.97 Å². The number of aromatic nitrogens is 3. The Morgan fingerprint density at radius 1 is 0.400 bits per heavy atom. The lowest BCUT2D eigenvalue weighted by Gasteiger charge is -2.22. The highest BCUT2D eigenvalue weighted by Gasteiger charge is 2.35. The van der Waals surface area contributed by atoms with Crippen molar-refractivity contribution in [3.63, 3.8) is 0 Å². The Kier molecular flexibility index (Phi) is 6.90. The van der Waals surface area contributed by atoms with Gasteiger partial charge in [0.2, 0.25) is 0 Å². The predicted molar refractivity (Wildman–Crippen MR) is 228 cm³/mol. The molecule has 2 heterocycles. The van der Waals surface area contributed by atoms with Crippen LogP contribution in [-0.4, -0.2) is 15.0 Å². The van der Waals surface area contributed by atoms with E-state index < -0.39 is 0 Å². The number of benzene rings is 8. The average Bonchev–Trinajstić information content (AvgIpc) is 3.48. The molecule has 3 heteroatoms. The molecule has 258 valence electrons. The minimum absolute atomic E-state index is 0.129. The van der Waals surface area contributed by atoms with E-state index in [4.69, 9.17) is 9.97 Å². The van der Waals surface area contributed by atoms with Crippen molar-refractivity contribution in [2.75, 3.05) is 0 Å². The predicted octanol–water partition coefficient (Wildman–Crippen LogP) is 13.4. The molecule has 10 aromatic rings. The zero-order valence-corrected chi connectivity index (χ0v) is 30.6. The molecule has 0 spiro atoms. The van der Waals surface area contributed by atoms with Crippen LogP contribution in [0.25, 0.3) is 99.6 Å². The molecule has 1 aliphatic carbocycles. The molecule has 55 heavy (non-hydrogen) atoms. The fourth-order valence-corrected chi connectivity index (χ4v) is 8.99. The molecule has 0 fully saturated rings. The molecule has 0 aliphatic heterocycles. The van der Waals surface area contributed by atoms with E-state index >= 15 is 0 Å². The number of fused-ring (bicyclic) bond motifs is 3. The summed E-state index contributed by atoms with van der Waals surface area (Å²) < 4.78 is 0. The van der Waals surface area contributed by atoms with Crippen LogP contribution in [0.5, 0.6) is 0 Å². The van der Waals surface area contributed by atoms with Crippen molar-refractivity contribution in [1.29, 1.82) is 0 Å². The molecule has 1 aliphatic rings. The van der Waals surface area contributed by atoms with Gasteiger partial charge in [-0.15, -0.1) is 0 Å². The van der Waals surface area contributed by atoms with Gasteiger partial charge in [0, 0.05) is 40.1 Å². The standard InChI is InChI=1S/C52H35N3/c1-52(2)45-15-6-5-13-41(45)42-26-24-37(29-46(42)52)51-54-47(30-48(55-51)43-14-4-3-12-39(43)38-11-8-28-53-31-38)33-18-16-32(17-19-33)40-25-22-36-21-20-34-9-7-10-35-23-27-44(40)50(36)49(34)35/h3-31H,1-2H3. The summed E-state index contributed by atoms with van der Waals surface area (Å²) in [6.45, 7) is 4.63. The van der Waals surface area contributed by atoms with E-state index in [1.807, 2.05) is 18.5 Å². The summed E-state index contributed by atoms with van der Waals surface area (Å²) in [6.07, 6.45) is 3.73. The molecule has 0 unspecified atom stereocenters. The third-order valence-electron chi connectivity index (χ3n) is 11.8. The SMILES string of the molecule is CC1(C)c2ccccc2-c2ccc(-c3nc(-c4ccc(-c5ccc6ccc7cccc8ccc5c6c78)cc4)cc(-c4ccccc4-c4cccnc4)n3)cc21. The number of nitrogens with zero attached hydrogens (tertiary/aromatic N) is 3. The smallest absolute Gasteiger partial charge is 0.160 e. The van der Waals surface area contributed by atoms with Crippen LogP contribution in [0.1, 0.15) is 25.0 Å². The first-order chi connectivity index (χ1) is 27.0. The number of hydrogen-bond donors (Lipinski definition) is 0. The van der Waals surface area contributed by atoms with Gasteiger partial charge in [-0.2, -0.15) is 0 Å². The van der Waals surface area contributed by atoms with Crippen molar-refractivity contribution >= 4 is 32.3 Å². The van der Waals surface area contributed by atoms with Crippen molar-refractivity contribution in [3.05, 3.63) is 187 Å². The summed E-state index contributed by atoms with van der Waals surface area (Å²) in [5.74, 6) is 0.707. The zero-order chi connectivity index (χ0) is 36.7. The van der Waals surface area contributed by atoms with E-state index in [-0.39, 0.29) is 5.41 Å². The van der Waals surface area contributed by atoms with Crippen molar-refractivity contribution in [3.8, 4) is 67.3 Å². The van der Waals surface area contributed by atoms with Gasteiger partial charge in [0.25, 0.3) is 0 Å².